The van der Waals surface area contributed by atoms with Gasteiger partial charge in [0, 0.05) is 6.61 Å². The molecule has 0 aromatic carbocycles. The van der Waals surface area contributed by atoms with Gasteiger partial charge in [-0.3, -0.25) is 0 Å². The van der Waals surface area contributed by atoms with E-state index in [0.29, 0.717) is 26.4 Å². The number of unbranched alkanes of at least 4 members (excludes halogenated alkanes) is 1. The van der Waals surface area contributed by atoms with Gasteiger partial charge in [0.2, 0.25) is 0 Å². The summed E-state index contributed by atoms with van der Waals surface area (Å²) in [6, 6.07) is 0. The van der Waals surface area contributed by atoms with E-state index in [2.05, 4.69) is 32.4 Å². The second-order valence-corrected chi connectivity index (χ2v) is 6.13. The van der Waals surface area contributed by atoms with Crippen LogP contribution in [0.4, 0.5) is 0 Å². The normalized spacial score (nSPS) is 14.5. The van der Waals surface area contributed by atoms with Crippen LogP contribution in [0.5, 0.6) is 0 Å². The van der Waals surface area contributed by atoms with E-state index in [1.165, 1.54) is 17.5 Å². The fraction of sp³-hybridized carbons (Fsp3) is 0.737. The average molecular weight is 335 g/mol. The molecule has 0 aromatic heterocycles. The number of nitrogens with one attached hydrogen (secondary N) is 1. The number of hydrogen-bond donors (Lipinski definition) is 1. The molecule has 0 saturated heterocycles. The van der Waals surface area contributed by atoms with Crippen LogP contribution < -0.4 is 5.32 Å². The molecule has 0 saturated carbocycles. The standard InChI is InChI=1S/C19H34BNO3/c1-3-4-11-22-13-15-24-16-14-23-12-5-10-21-17(2)18-6-8-19(20)9-7-18/h6,20-21H,2-5,7-16H2,1H3. The van der Waals surface area contributed by atoms with Crippen LogP contribution in [-0.2, 0) is 14.2 Å². The molecule has 24 heavy (non-hydrogen) atoms. The number of rotatable bonds is 15. The molecule has 4 nitrogen and oxygen atoms in total. The molecule has 0 fully saturated rings. The Balaban J connectivity index is 1.84. The van der Waals surface area contributed by atoms with Crippen LogP contribution in [-0.4, -0.2) is 59.1 Å². The summed E-state index contributed by atoms with van der Waals surface area (Å²) in [5, 5.41) is 3.38. The summed E-state index contributed by atoms with van der Waals surface area (Å²) in [5.74, 6) is 0. The molecule has 0 bridgehead atoms. The van der Waals surface area contributed by atoms with Gasteiger partial charge in [-0.15, -0.1) is 0 Å². The Morgan fingerprint density at radius 2 is 1.67 bits per heavy atom. The van der Waals surface area contributed by atoms with E-state index < -0.39 is 0 Å². The number of ether oxygens (including phenoxy) is 3. The Kier molecular flexibility index (Phi) is 12.7. The van der Waals surface area contributed by atoms with Crippen molar-refractivity contribution >= 4 is 13.0 Å². The summed E-state index contributed by atoms with van der Waals surface area (Å²) >= 11 is 0. The third-order valence-corrected chi connectivity index (χ3v) is 3.96. The van der Waals surface area contributed by atoms with E-state index in [0.717, 1.165) is 57.6 Å². The van der Waals surface area contributed by atoms with Gasteiger partial charge < -0.3 is 9.47 Å². The fourth-order valence-electron chi connectivity index (χ4n) is 2.37. The molecule has 0 spiro atoms. The summed E-state index contributed by atoms with van der Waals surface area (Å²) in [7, 11) is 4.02. The van der Waals surface area contributed by atoms with Crippen LogP contribution in [0.1, 0.15) is 45.4 Å². The summed E-state index contributed by atoms with van der Waals surface area (Å²) < 4.78 is 16.4. The molecule has 0 aliphatic heterocycles. The van der Waals surface area contributed by atoms with Crippen LogP contribution in [0, 0.1) is 0 Å². The van der Waals surface area contributed by atoms with E-state index >= 15 is 0 Å². The van der Waals surface area contributed by atoms with Gasteiger partial charge in [-0.25, -0.2) is 0 Å². The predicted molar refractivity (Wildman–Crippen MR) is 103 cm³/mol. The first-order chi connectivity index (χ1) is 11.7. The van der Waals surface area contributed by atoms with Gasteiger partial charge in [0.05, 0.1) is 13.2 Å². The first-order valence-electron chi connectivity index (χ1n) is 9.26. The SMILES string of the molecule is B=C1CC=C(C(=C)NCCCOCCOCCOCCCC)CC1. The zero-order chi connectivity index (χ0) is 17.5. The molecule has 1 rings (SSSR count). The first kappa shape index (κ1) is 21.1. The molecule has 136 valence electrons. The van der Waals surface area contributed by atoms with Gasteiger partial charge in [0.1, 0.15) is 0 Å². The molecule has 0 amide bonds. The molecular weight excluding hydrogens is 301 g/mol. The van der Waals surface area contributed by atoms with Crippen molar-refractivity contribution in [3.63, 3.8) is 0 Å². The Morgan fingerprint density at radius 3 is 2.25 bits per heavy atom. The molecule has 1 aliphatic rings. The van der Waals surface area contributed by atoms with Crippen molar-refractivity contribution in [1.29, 1.82) is 0 Å². The van der Waals surface area contributed by atoms with Gasteiger partial charge >= 0.3 is 99.0 Å². The summed E-state index contributed by atoms with van der Waals surface area (Å²) in [5.41, 5.74) is 3.70. The van der Waals surface area contributed by atoms with Crippen molar-refractivity contribution in [2.75, 3.05) is 46.2 Å². The van der Waals surface area contributed by atoms with Gasteiger partial charge in [-0.05, 0) is 6.42 Å². The van der Waals surface area contributed by atoms with E-state index in [9.17, 15) is 0 Å². The van der Waals surface area contributed by atoms with Crippen LogP contribution in [0.3, 0.4) is 0 Å². The topological polar surface area (TPSA) is 39.7 Å². The third kappa shape index (κ3) is 10.8. The molecule has 0 heterocycles. The first-order valence-corrected chi connectivity index (χ1v) is 9.26. The maximum absolute atomic E-state index is 5.56. The summed E-state index contributed by atoms with van der Waals surface area (Å²) in [6.45, 7) is 11.3. The average Bonchev–Trinajstić information content (AvgIpc) is 2.59. The Bertz CT molecular complexity index is 396. The van der Waals surface area contributed by atoms with Gasteiger partial charge in [0.25, 0.3) is 0 Å². The minimum atomic E-state index is 0.633. The molecular formula is C19H34BNO3. The molecule has 0 atom stereocenters. The van der Waals surface area contributed by atoms with Crippen molar-refractivity contribution in [2.24, 2.45) is 0 Å². The number of allylic oxidation sites excluding steroid dienone is 2. The molecule has 5 heteroatoms. The molecule has 1 N–H and O–H groups in total. The van der Waals surface area contributed by atoms with Gasteiger partial charge in [-0.2, -0.15) is 0 Å². The van der Waals surface area contributed by atoms with E-state index in [1.54, 1.807) is 0 Å². The van der Waals surface area contributed by atoms with Crippen molar-refractivity contribution in [2.45, 2.75) is 45.4 Å². The minimum absolute atomic E-state index is 0.633. The van der Waals surface area contributed by atoms with Crippen LogP contribution in [0.2, 0.25) is 0 Å². The van der Waals surface area contributed by atoms with Crippen LogP contribution in [0.25, 0.3) is 0 Å². The zero-order valence-corrected chi connectivity index (χ0v) is 15.4. The Labute approximate surface area is 148 Å². The van der Waals surface area contributed by atoms with Gasteiger partial charge in [0.15, 0.2) is 0 Å². The molecule has 0 aromatic rings. The predicted octanol–water partition coefficient (Wildman–Crippen LogP) is 2.51. The van der Waals surface area contributed by atoms with Crippen molar-refractivity contribution in [1.82, 2.24) is 5.32 Å². The third-order valence-electron chi connectivity index (χ3n) is 3.96. The van der Waals surface area contributed by atoms with Crippen molar-refractivity contribution in [3.8, 4) is 0 Å². The number of hydrogen-bond acceptors (Lipinski definition) is 4. The zero-order valence-electron chi connectivity index (χ0n) is 15.4. The molecule has 1 aliphatic carbocycles. The van der Waals surface area contributed by atoms with Crippen LogP contribution >= 0.6 is 0 Å². The van der Waals surface area contributed by atoms with Crippen LogP contribution in [0.15, 0.2) is 23.9 Å². The maximum atomic E-state index is 5.56. The van der Waals surface area contributed by atoms with Crippen molar-refractivity contribution < 1.29 is 14.2 Å². The molecule has 0 radical (unpaired) electrons. The Hall–Kier alpha value is -0.905. The summed E-state index contributed by atoms with van der Waals surface area (Å²) in [6.07, 6.45) is 8.63. The second kappa shape index (κ2) is 14.4. The monoisotopic (exact) mass is 335 g/mol. The van der Waals surface area contributed by atoms with E-state index in [4.69, 9.17) is 14.2 Å². The quantitative estimate of drug-likeness (QED) is 0.369. The molecule has 0 unspecified atom stereocenters. The van der Waals surface area contributed by atoms with Gasteiger partial charge in [-0.1, -0.05) is 13.3 Å². The fourth-order valence-corrected chi connectivity index (χ4v) is 2.37. The van der Waals surface area contributed by atoms with E-state index in [1.807, 2.05) is 0 Å². The van der Waals surface area contributed by atoms with Crippen molar-refractivity contribution in [3.05, 3.63) is 23.9 Å². The second-order valence-electron chi connectivity index (χ2n) is 6.13. The van der Waals surface area contributed by atoms with E-state index in [-0.39, 0.29) is 0 Å². The Morgan fingerprint density at radius 1 is 1.04 bits per heavy atom. The summed E-state index contributed by atoms with van der Waals surface area (Å²) in [4.78, 5) is 0.